The minimum atomic E-state index is -1.23. The van der Waals surface area contributed by atoms with Crippen molar-refractivity contribution in [1.29, 1.82) is 0 Å². The highest BCUT2D eigenvalue weighted by molar-refractivity contribution is 5.77. The lowest BCUT2D eigenvalue weighted by Gasteiger charge is -2.20. The smallest absolute Gasteiger partial charge is 0.231 e. The maximum absolute atomic E-state index is 12.2. The van der Waals surface area contributed by atoms with Gasteiger partial charge in [-0.2, -0.15) is 0 Å². The van der Waals surface area contributed by atoms with Gasteiger partial charge in [-0.1, -0.05) is 36.4 Å². The fraction of sp³-hybridized carbons (Fsp3) is 0.263. The van der Waals surface area contributed by atoms with Crippen molar-refractivity contribution in [2.45, 2.75) is 25.3 Å². The Morgan fingerprint density at radius 1 is 1.08 bits per heavy atom. The lowest BCUT2D eigenvalue weighted by molar-refractivity contribution is -0.306. The van der Waals surface area contributed by atoms with E-state index in [1.54, 1.807) is 18.2 Å². The molecule has 1 aliphatic heterocycles. The number of aliphatic carboxylic acids is 1. The van der Waals surface area contributed by atoms with Crippen LogP contribution in [0.4, 0.5) is 0 Å². The summed E-state index contributed by atoms with van der Waals surface area (Å²) in [6.07, 6.45) is 0.556. The molecule has 1 N–H and O–H groups in total. The van der Waals surface area contributed by atoms with E-state index < -0.39 is 12.0 Å². The van der Waals surface area contributed by atoms with Crippen molar-refractivity contribution in [2.24, 2.45) is 0 Å². The standard InChI is InChI=1S/C19H19NO5/c21-18(9-6-13-4-2-1-3-5-13)20-15(11-19(22)23)14-7-8-16-17(10-14)25-12-24-16/h1-5,7-8,10,15H,6,9,11-12H2,(H,20,21)(H,22,23)/p-1/t15-/m0/s1. The van der Waals surface area contributed by atoms with Crippen molar-refractivity contribution in [3.8, 4) is 11.5 Å². The molecule has 0 aliphatic carbocycles. The van der Waals surface area contributed by atoms with Crippen LogP contribution in [0.5, 0.6) is 11.5 Å². The highest BCUT2D eigenvalue weighted by atomic mass is 16.7. The number of carboxylic acids is 1. The molecule has 2 aromatic carbocycles. The van der Waals surface area contributed by atoms with Gasteiger partial charge in [0.25, 0.3) is 0 Å². The van der Waals surface area contributed by atoms with Crippen LogP contribution in [0.25, 0.3) is 0 Å². The van der Waals surface area contributed by atoms with Crippen LogP contribution < -0.4 is 19.9 Å². The van der Waals surface area contributed by atoms with Gasteiger partial charge in [-0.25, -0.2) is 0 Å². The number of hydrogen-bond donors (Lipinski definition) is 1. The number of carbonyl (C=O) groups is 2. The van der Waals surface area contributed by atoms with Crippen LogP contribution in [0.3, 0.4) is 0 Å². The molecule has 1 aliphatic rings. The van der Waals surface area contributed by atoms with Gasteiger partial charge < -0.3 is 24.7 Å². The summed E-state index contributed by atoms with van der Waals surface area (Å²) in [6, 6.07) is 14.1. The number of benzene rings is 2. The van der Waals surface area contributed by atoms with Crippen molar-refractivity contribution < 1.29 is 24.2 Å². The van der Waals surface area contributed by atoms with E-state index in [-0.39, 0.29) is 25.5 Å². The average Bonchev–Trinajstić information content (AvgIpc) is 3.07. The zero-order valence-corrected chi connectivity index (χ0v) is 13.6. The first-order chi connectivity index (χ1) is 12.1. The first-order valence-corrected chi connectivity index (χ1v) is 8.04. The van der Waals surface area contributed by atoms with Crippen molar-refractivity contribution in [3.05, 3.63) is 59.7 Å². The molecule has 2 aromatic rings. The number of aryl methyl sites for hydroxylation is 1. The fourth-order valence-corrected chi connectivity index (χ4v) is 2.72. The first kappa shape index (κ1) is 16.8. The molecule has 0 fully saturated rings. The summed E-state index contributed by atoms with van der Waals surface area (Å²) in [7, 11) is 0. The third kappa shape index (κ3) is 4.50. The van der Waals surface area contributed by atoms with Crippen LogP contribution >= 0.6 is 0 Å². The molecular weight excluding hydrogens is 322 g/mol. The average molecular weight is 340 g/mol. The van der Waals surface area contributed by atoms with E-state index in [9.17, 15) is 14.7 Å². The zero-order chi connectivity index (χ0) is 17.6. The Labute approximate surface area is 145 Å². The number of fused-ring (bicyclic) bond motifs is 1. The maximum atomic E-state index is 12.2. The summed E-state index contributed by atoms with van der Waals surface area (Å²) < 4.78 is 10.6. The molecule has 0 spiro atoms. The number of rotatable bonds is 7. The molecule has 0 bridgehead atoms. The molecule has 1 heterocycles. The Hall–Kier alpha value is -3.02. The Balaban J connectivity index is 1.66. The SMILES string of the molecule is O=C([O-])C[C@H](NC(=O)CCc1ccccc1)c1ccc2c(c1)OCO2. The molecule has 0 radical (unpaired) electrons. The molecular formula is C19H18NO5-. The lowest BCUT2D eigenvalue weighted by atomic mass is 10.0. The third-order valence-corrected chi connectivity index (χ3v) is 3.99. The highest BCUT2D eigenvalue weighted by Crippen LogP contribution is 2.34. The minimum absolute atomic E-state index is 0.132. The summed E-state index contributed by atoms with van der Waals surface area (Å²) in [6.45, 7) is 0.132. The molecule has 25 heavy (non-hydrogen) atoms. The second-order valence-corrected chi connectivity index (χ2v) is 5.79. The predicted octanol–water partition coefficient (Wildman–Crippen LogP) is 1.35. The van der Waals surface area contributed by atoms with Crippen LogP contribution in [0, 0.1) is 0 Å². The zero-order valence-electron chi connectivity index (χ0n) is 13.6. The van der Waals surface area contributed by atoms with E-state index in [1.165, 1.54) is 0 Å². The van der Waals surface area contributed by atoms with Gasteiger partial charge in [-0.15, -0.1) is 0 Å². The van der Waals surface area contributed by atoms with Crippen LogP contribution in [-0.2, 0) is 16.0 Å². The highest BCUT2D eigenvalue weighted by Gasteiger charge is 2.19. The topological polar surface area (TPSA) is 87.7 Å². The molecule has 6 heteroatoms. The molecule has 1 amide bonds. The van der Waals surface area contributed by atoms with Gasteiger partial charge in [-0.05, 0) is 29.7 Å². The monoisotopic (exact) mass is 340 g/mol. The number of hydrogen-bond acceptors (Lipinski definition) is 5. The molecule has 0 saturated carbocycles. The van der Waals surface area contributed by atoms with Crippen molar-refractivity contribution in [2.75, 3.05) is 6.79 Å². The summed E-state index contributed by atoms with van der Waals surface area (Å²) in [5, 5.41) is 13.8. The maximum Gasteiger partial charge on any atom is 0.231 e. The molecule has 0 aromatic heterocycles. The van der Waals surface area contributed by atoms with E-state index in [4.69, 9.17) is 9.47 Å². The largest absolute Gasteiger partial charge is 0.550 e. The third-order valence-electron chi connectivity index (χ3n) is 3.99. The second kappa shape index (κ2) is 7.70. The van der Waals surface area contributed by atoms with Gasteiger partial charge in [0, 0.05) is 18.8 Å². The molecule has 3 rings (SSSR count). The van der Waals surface area contributed by atoms with Crippen LogP contribution in [0.15, 0.2) is 48.5 Å². The first-order valence-electron chi connectivity index (χ1n) is 8.04. The number of nitrogens with one attached hydrogen (secondary N) is 1. The second-order valence-electron chi connectivity index (χ2n) is 5.79. The summed E-state index contributed by atoms with van der Waals surface area (Å²) in [4.78, 5) is 23.3. The normalized spacial score (nSPS) is 13.3. The van der Waals surface area contributed by atoms with Crippen LogP contribution in [0.2, 0.25) is 0 Å². The Kier molecular flexibility index (Phi) is 5.18. The number of amides is 1. The van der Waals surface area contributed by atoms with E-state index >= 15 is 0 Å². The summed E-state index contributed by atoms with van der Waals surface area (Å²) in [5.41, 5.74) is 1.69. The van der Waals surface area contributed by atoms with Crippen molar-refractivity contribution >= 4 is 11.9 Å². The number of carboxylic acid groups (broad SMARTS) is 1. The van der Waals surface area contributed by atoms with E-state index in [0.717, 1.165) is 5.56 Å². The summed E-state index contributed by atoms with van der Waals surface area (Å²) >= 11 is 0. The van der Waals surface area contributed by atoms with E-state index in [2.05, 4.69) is 5.32 Å². The van der Waals surface area contributed by atoms with Gasteiger partial charge in [-0.3, -0.25) is 4.79 Å². The van der Waals surface area contributed by atoms with Crippen LogP contribution in [0.1, 0.15) is 30.0 Å². The van der Waals surface area contributed by atoms with Gasteiger partial charge in [0.1, 0.15) is 0 Å². The van der Waals surface area contributed by atoms with Crippen molar-refractivity contribution in [3.63, 3.8) is 0 Å². The lowest BCUT2D eigenvalue weighted by Crippen LogP contribution is -2.34. The number of carbonyl (C=O) groups excluding carboxylic acids is 2. The minimum Gasteiger partial charge on any atom is -0.550 e. The Morgan fingerprint density at radius 3 is 2.60 bits per heavy atom. The fourth-order valence-electron chi connectivity index (χ4n) is 2.72. The molecule has 130 valence electrons. The van der Waals surface area contributed by atoms with E-state index in [1.807, 2.05) is 30.3 Å². The van der Waals surface area contributed by atoms with Gasteiger partial charge >= 0.3 is 0 Å². The summed E-state index contributed by atoms with van der Waals surface area (Å²) in [5.74, 6) is -0.301. The predicted molar refractivity (Wildman–Crippen MR) is 87.8 cm³/mol. The van der Waals surface area contributed by atoms with Gasteiger partial charge in [0.2, 0.25) is 12.7 Å². The van der Waals surface area contributed by atoms with Crippen LogP contribution in [-0.4, -0.2) is 18.7 Å². The van der Waals surface area contributed by atoms with Crippen molar-refractivity contribution in [1.82, 2.24) is 5.32 Å². The Bertz CT molecular complexity index is 760. The van der Waals surface area contributed by atoms with Gasteiger partial charge in [0.05, 0.1) is 6.04 Å². The molecule has 6 nitrogen and oxygen atoms in total. The molecule has 0 saturated heterocycles. The number of ether oxygens (including phenoxy) is 2. The van der Waals surface area contributed by atoms with Gasteiger partial charge in [0.15, 0.2) is 11.5 Å². The van der Waals surface area contributed by atoms with E-state index in [0.29, 0.717) is 23.5 Å². The molecule has 0 unspecified atom stereocenters. The quantitative estimate of drug-likeness (QED) is 0.822. The molecule has 1 atom stereocenters. The Morgan fingerprint density at radius 2 is 1.84 bits per heavy atom.